The first-order chi connectivity index (χ1) is 14.2. The largest absolute Gasteiger partial charge is 0.495 e. The summed E-state index contributed by atoms with van der Waals surface area (Å²) >= 11 is 0. The molecule has 2 amide bonds. The molecule has 30 heavy (non-hydrogen) atoms. The molecule has 0 spiro atoms. The molecular weight excluding hydrogens is 398 g/mol. The highest BCUT2D eigenvalue weighted by Gasteiger charge is 2.20. The summed E-state index contributed by atoms with van der Waals surface area (Å²) in [5, 5.41) is 4.97. The number of hydrogen-bond donors (Lipinski definition) is 2. The third kappa shape index (κ3) is 6.26. The molecule has 2 N–H and O–H groups in total. The first-order valence-electron chi connectivity index (χ1n) is 9.09. The zero-order valence-corrected chi connectivity index (χ0v) is 16.8. The van der Waals surface area contributed by atoms with Gasteiger partial charge >= 0.3 is 5.97 Å². The summed E-state index contributed by atoms with van der Waals surface area (Å²) in [6, 6.07) is 7.79. The van der Waals surface area contributed by atoms with Gasteiger partial charge in [-0.25, -0.2) is 8.78 Å². The molecule has 1 atom stereocenters. The van der Waals surface area contributed by atoms with Crippen molar-refractivity contribution >= 4 is 23.5 Å². The van der Waals surface area contributed by atoms with E-state index in [0.29, 0.717) is 17.5 Å². The summed E-state index contributed by atoms with van der Waals surface area (Å²) in [5.41, 5.74) is 1.01. The average Bonchev–Trinajstić information content (AvgIpc) is 2.67. The van der Waals surface area contributed by atoms with Crippen molar-refractivity contribution < 1.29 is 32.6 Å². The van der Waals surface area contributed by atoms with E-state index < -0.39 is 35.5 Å². The molecule has 0 saturated carbocycles. The van der Waals surface area contributed by atoms with E-state index in [1.165, 1.54) is 14.0 Å². The Bertz CT molecular complexity index is 949. The number of halogens is 2. The smallest absolute Gasteiger partial charge is 0.308 e. The van der Waals surface area contributed by atoms with Crippen molar-refractivity contribution in [2.45, 2.75) is 26.4 Å². The molecule has 2 aromatic rings. The van der Waals surface area contributed by atoms with Crippen molar-refractivity contribution in [1.82, 2.24) is 5.32 Å². The van der Waals surface area contributed by atoms with Crippen LogP contribution in [0.3, 0.4) is 0 Å². The number of hydrogen-bond acceptors (Lipinski definition) is 5. The van der Waals surface area contributed by atoms with E-state index in [4.69, 9.17) is 9.47 Å². The van der Waals surface area contributed by atoms with Gasteiger partial charge in [-0.3, -0.25) is 14.4 Å². The fourth-order valence-electron chi connectivity index (χ4n) is 2.51. The Morgan fingerprint density at radius 2 is 1.83 bits per heavy atom. The van der Waals surface area contributed by atoms with Crippen LogP contribution in [0.4, 0.5) is 14.5 Å². The Morgan fingerprint density at radius 1 is 1.10 bits per heavy atom. The summed E-state index contributed by atoms with van der Waals surface area (Å²) in [6.07, 6.45) is -1.33. The number of nitrogens with one attached hydrogen (secondary N) is 2. The lowest BCUT2D eigenvalue weighted by atomic mass is 10.2. The molecule has 0 aliphatic carbocycles. The quantitative estimate of drug-likeness (QED) is 0.641. The van der Waals surface area contributed by atoms with Crippen molar-refractivity contribution in [2.24, 2.45) is 0 Å². The van der Waals surface area contributed by atoms with Crippen molar-refractivity contribution in [2.75, 3.05) is 19.0 Å². The third-order valence-electron chi connectivity index (χ3n) is 4.08. The van der Waals surface area contributed by atoms with Gasteiger partial charge in [0.05, 0.1) is 24.8 Å². The molecule has 7 nitrogen and oxygen atoms in total. The maximum Gasteiger partial charge on any atom is 0.308 e. The molecule has 160 valence electrons. The van der Waals surface area contributed by atoms with Gasteiger partial charge in [-0.05, 0) is 43.7 Å². The van der Waals surface area contributed by atoms with Gasteiger partial charge in [-0.2, -0.15) is 0 Å². The Morgan fingerprint density at radius 3 is 2.50 bits per heavy atom. The molecule has 0 aliphatic rings. The SMILES string of the molecule is COc1ccc(C)cc1NC(=O)C(C)OC(=O)CCNC(=O)c1ccc(F)cc1F. The van der Waals surface area contributed by atoms with Crippen LogP contribution in [0.25, 0.3) is 0 Å². The number of carbonyl (C=O) groups excluding carboxylic acids is 3. The van der Waals surface area contributed by atoms with E-state index in [1.54, 1.807) is 12.1 Å². The van der Waals surface area contributed by atoms with E-state index in [-0.39, 0.29) is 18.5 Å². The Kier molecular flexibility index (Phi) is 7.85. The minimum atomic E-state index is -1.09. The number of carbonyl (C=O) groups is 3. The van der Waals surface area contributed by atoms with Crippen molar-refractivity contribution in [3.63, 3.8) is 0 Å². The number of esters is 1. The fourth-order valence-corrected chi connectivity index (χ4v) is 2.51. The van der Waals surface area contributed by atoms with Gasteiger partial charge in [0, 0.05) is 12.6 Å². The average molecular weight is 420 g/mol. The summed E-state index contributed by atoms with van der Waals surface area (Å²) in [7, 11) is 1.47. The van der Waals surface area contributed by atoms with Crippen molar-refractivity contribution in [1.29, 1.82) is 0 Å². The van der Waals surface area contributed by atoms with Crippen LogP contribution in [0.15, 0.2) is 36.4 Å². The molecular formula is C21H22F2N2O5. The predicted molar refractivity (Wildman–Crippen MR) is 105 cm³/mol. The molecule has 0 heterocycles. The van der Waals surface area contributed by atoms with Gasteiger partial charge in [0.25, 0.3) is 11.8 Å². The fraction of sp³-hybridized carbons (Fsp3) is 0.286. The Labute approximate surface area is 172 Å². The highest BCUT2D eigenvalue weighted by Crippen LogP contribution is 2.25. The van der Waals surface area contributed by atoms with Crippen LogP contribution in [0.2, 0.25) is 0 Å². The van der Waals surface area contributed by atoms with Gasteiger partial charge < -0.3 is 20.1 Å². The second-order valence-corrected chi connectivity index (χ2v) is 6.46. The van der Waals surface area contributed by atoms with Crippen LogP contribution >= 0.6 is 0 Å². The lowest BCUT2D eigenvalue weighted by molar-refractivity contribution is -0.153. The summed E-state index contributed by atoms with van der Waals surface area (Å²) in [5.74, 6) is -3.42. The molecule has 2 aromatic carbocycles. The Balaban J connectivity index is 1.82. The minimum Gasteiger partial charge on any atom is -0.495 e. The van der Waals surface area contributed by atoms with Crippen molar-refractivity contribution in [3.05, 3.63) is 59.2 Å². The predicted octanol–water partition coefficient (Wildman–Crippen LogP) is 2.97. The number of aryl methyl sites for hydroxylation is 1. The van der Waals surface area contributed by atoms with Crippen LogP contribution in [0.1, 0.15) is 29.3 Å². The number of benzene rings is 2. The number of rotatable bonds is 8. The van der Waals surface area contributed by atoms with E-state index in [0.717, 1.165) is 17.7 Å². The zero-order valence-electron chi connectivity index (χ0n) is 16.8. The van der Waals surface area contributed by atoms with Crippen LogP contribution in [-0.2, 0) is 14.3 Å². The second-order valence-electron chi connectivity index (χ2n) is 6.46. The highest BCUT2D eigenvalue weighted by atomic mass is 19.1. The molecule has 0 fully saturated rings. The van der Waals surface area contributed by atoms with E-state index in [9.17, 15) is 23.2 Å². The van der Waals surface area contributed by atoms with Crippen LogP contribution in [-0.4, -0.2) is 37.5 Å². The lowest BCUT2D eigenvalue weighted by Gasteiger charge is -2.15. The molecule has 2 rings (SSSR count). The molecule has 0 aromatic heterocycles. The standard InChI is InChI=1S/C21H22F2N2O5/c1-12-4-7-18(29-3)17(10-12)25-20(27)13(2)30-19(26)8-9-24-21(28)15-6-5-14(22)11-16(15)23/h4-7,10-11,13H,8-9H2,1-3H3,(H,24,28)(H,25,27). The van der Waals surface area contributed by atoms with Crippen molar-refractivity contribution in [3.8, 4) is 5.75 Å². The maximum absolute atomic E-state index is 13.6. The Hall–Kier alpha value is -3.49. The van der Waals surface area contributed by atoms with Crippen LogP contribution in [0.5, 0.6) is 5.75 Å². The van der Waals surface area contributed by atoms with E-state index in [1.807, 2.05) is 13.0 Å². The first kappa shape index (κ1) is 22.8. The van der Waals surface area contributed by atoms with Gasteiger partial charge in [0.1, 0.15) is 17.4 Å². The van der Waals surface area contributed by atoms with Gasteiger partial charge in [-0.1, -0.05) is 6.07 Å². The lowest BCUT2D eigenvalue weighted by Crippen LogP contribution is -2.32. The molecule has 0 bridgehead atoms. The normalized spacial score (nSPS) is 11.4. The van der Waals surface area contributed by atoms with Crippen LogP contribution in [0, 0.1) is 18.6 Å². The number of ether oxygens (including phenoxy) is 2. The van der Waals surface area contributed by atoms with Gasteiger partial charge in [0.2, 0.25) is 0 Å². The zero-order chi connectivity index (χ0) is 22.3. The molecule has 0 radical (unpaired) electrons. The van der Waals surface area contributed by atoms with Gasteiger partial charge in [-0.15, -0.1) is 0 Å². The second kappa shape index (κ2) is 10.3. The third-order valence-corrected chi connectivity index (χ3v) is 4.08. The minimum absolute atomic E-state index is 0.144. The monoisotopic (exact) mass is 420 g/mol. The number of anilines is 1. The molecule has 1 unspecified atom stereocenters. The maximum atomic E-state index is 13.6. The summed E-state index contributed by atoms with van der Waals surface area (Å²) in [4.78, 5) is 36.1. The summed E-state index contributed by atoms with van der Waals surface area (Å²) < 4.78 is 36.7. The molecule has 0 saturated heterocycles. The van der Waals surface area contributed by atoms with E-state index in [2.05, 4.69) is 10.6 Å². The molecule has 0 aliphatic heterocycles. The first-order valence-corrected chi connectivity index (χ1v) is 9.09. The van der Waals surface area contributed by atoms with E-state index >= 15 is 0 Å². The number of amides is 2. The highest BCUT2D eigenvalue weighted by molar-refractivity contribution is 5.96. The van der Waals surface area contributed by atoms with Gasteiger partial charge in [0.15, 0.2) is 6.10 Å². The van der Waals surface area contributed by atoms with Crippen LogP contribution < -0.4 is 15.4 Å². The molecule has 9 heteroatoms. The number of methoxy groups -OCH3 is 1. The summed E-state index contributed by atoms with van der Waals surface area (Å²) in [6.45, 7) is 3.11. The topological polar surface area (TPSA) is 93.7 Å².